The molecule has 2 amide bonds. The highest BCUT2D eigenvalue weighted by molar-refractivity contribution is 7.11. The van der Waals surface area contributed by atoms with Crippen LogP contribution in [0.1, 0.15) is 26.4 Å². The van der Waals surface area contributed by atoms with Gasteiger partial charge in [-0.05, 0) is 59.3 Å². The lowest BCUT2D eigenvalue weighted by Crippen LogP contribution is -2.29. The number of thiophene rings is 1. The fourth-order valence-corrected chi connectivity index (χ4v) is 4.09. The molecule has 0 radical (unpaired) electrons. The minimum atomic E-state index is -0.572. The number of aromatic nitrogens is 1. The second-order valence-corrected chi connectivity index (χ2v) is 7.21. The first kappa shape index (κ1) is 18.1. The van der Waals surface area contributed by atoms with Gasteiger partial charge in [-0.25, -0.2) is 5.48 Å². The van der Waals surface area contributed by atoms with Gasteiger partial charge in [-0.3, -0.25) is 19.8 Å². The lowest BCUT2D eigenvalue weighted by molar-refractivity contribution is -0.113. The van der Waals surface area contributed by atoms with Crippen molar-refractivity contribution in [1.82, 2.24) is 10.5 Å². The summed E-state index contributed by atoms with van der Waals surface area (Å²) in [7, 11) is 0. The number of hydroxylamine groups is 1. The Morgan fingerprint density at radius 1 is 1.14 bits per heavy atom. The maximum Gasteiger partial charge on any atom is 0.274 e. The van der Waals surface area contributed by atoms with Gasteiger partial charge in [0.15, 0.2) is 0 Å². The molecule has 4 rings (SSSR count). The Morgan fingerprint density at radius 3 is 2.68 bits per heavy atom. The van der Waals surface area contributed by atoms with E-state index in [1.807, 2.05) is 41.8 Å². The zero-order valence-corrected chi connectivity index (χ0v) is 15.6. The molecule has 0 spiro atoms. The number of hydrogen-bond acceptors (Lipinski definition) is 5. The van der Waals surface area contributed by atoms with Gasteiger partial charge in [0, 0.05) is 35.1 Å². The number of anilines is 1. The molecule has 3 heterocycles. The van der Waals surface area contributed by atoms with Crippen LogP contribution >= 0.6 is 11.3 Å². The minimum absolute atomic E-state index is 0.125. The van der Waals surface area contributed by atoms with Crippen molar-refractivity contribution in [2.24, 2.45) is 0 Å². The lowest BCUT2D eigenvalue weighted by atomic mass is 10.0. The second-order valence-electron chi connectivity index (χ2n) is 6.27. The molecule has 140 valence electrons. The zero-order valence-electron chi connectivity index (χ0n) is 14.8. The van der Waals surface area contributed by atoms with Crippen molar-refractivity contribution in [2.45, 2.75) is 6.42 Å². The van der Waals surface area contributed by atoms with Crippen LogP contribution in [-0.2, 0) is 11.2 Å². The number of pyridine rings is 1. The molecule has 2 N–H and O–H groups in total. The van der Waals surface area contributed by atoms with E-state index < -0.39 is 5.91 Å². The number of hydrogen-bond donors (Lipinski definition) is 2. The van der Waals surface area contributed by atoms with Crippen LogP contribution in [-0.4, -0.2) is 28.6 Å². The Balaban J connectivity index is 1.75. The summed E-state index contributed by atoms with van der Waals surface area (Å²) in [4.78, 5) is 32.0. The summed E-state index contributed by atoms with van der Waals surface area (Å²) in [6.07, 6.45) is 5.79. The highest BCUT2D eigenvalue weighted by atomic mass is 32.1. The van der Waals surface area contributed by atoms with Crippen LogP contribution in [0.4, 0.5) is 5.69 Å². The summed E-state index contributed by atoms with van der Waals surface area (Å²) in [5.41, 5.74) is 4.99. The van der Waals surface area contributed by atoms with Gasteiger partial charge in [0.05, 0.1) is 5.57 Å². The summed E-state index contributed by atoms with van der Waals surface area (Å²) < 4.78 is 0. The predicted molar refractivity (Wildman–Crippen MR) is 108 cm³/mol. The van der Waals surface area contributed by atoms with Crippen molar-refractivity contribution >= 4 is 40.5 Å². The van der Waals surface area contributed by atoms with E-state index in [2.05, 4.69) is 4.98 Å². The van der Waals surface area contributed by atoms with E-state index in [1.165, 1.54) is 11.3 Å². The van der Waals surface area contributed by atoms with Crippen molar-refractivity contribution in [3.8, 4) is 0 Å². The third-order valence-corrected chi connectivity index (χ3v) is 5.56. The third-order valence-electron chi connectivity index (χ3n) is 4.65. The van der Waals surface area contributed by atoms with Gasteiger partial charge in [0.25, 0.3) is 11.8 Å². The Kier molecular flexibility index (Phi) is 5.01. The van der Waals surface area contributed by atoms with Crippen LogP contribution < -0.4 is 10.4 Å². The van der Waals surface area contributed by atoms with E-state index in [-0.39, 0.29) is 5.91 Å². The number of nitrogens with zero attached hydrogens (tertiary/aromatic N) is 2. The van der Waals surface area contributed by atoms with E-state index in [0.717, 1.165) is 16.0 Å². The van der Waals surface area contributed by atoms with Crippen molar-refractivity contribution in [1.29, 1.82) is 0 Å². The van der Waals surface area contributed by atoms with Crippen molar-refractivity contribution in [2.75, 3.05) is 11.4 Å². The molecule has 0 saturated heterocycles. The molecule has 3 aromatic rings. The van der Waals surface area contributed by atoms with E-state index >= 15 is 0 Å². The maximum absolute atomic E-state index is 13.5. The van der Waals surface area contributed by atoms with Crippen LogP contribution in [0.15, 0.2) is 60.2 Å². The van der Waals surface area contributed by atoms with Gasteiger partial charge < -0.3 is 4.90 Å². The topological polar surface area (TPSA) is 82.5 Å². The van der Waals surface area contributed by atoms with Crippen LogP contribution in [0, 0.1) is 0 Å². The number of benzene rings is 1. The Morgan fingerprint density at radius 2 is 1.96 bits per heavy atom. The summed E-state index contributed by atoms with van der Waals surface area (Å²) >= 11 is 1.50. The largest absolute Gasteiger partial charge is 0.308 e. The molecule has 1 aliphatic heterocycles. The van der Waals surface area contributed by atoms with E-state index in [4.69, 9.17) is 5.21 Å². The van der Waals surface area contributed by atoms with Gasteiger partial charge in [-0.1, -0.05) is 12.1 Å². The maximum atomic E-state index is 13.5. The molecule has 28 heavy (non-hydrogen) atoms. The van der Waals surface area contributed by atoms with Crippen LogP contribution in [0.25, 0.3) is 11.6 Å². The highest BCUT2D eigenvalue weighted by Crippen LogP contribution is 2.34. The SMILES string of the molecule is O=C(NO)c1cccc2c1CCN2C(=O)/C(=C/c1ccncc1)c1cccs1. The van der Waals surface area contributed by atoms with Crippen molar-refractivity contribution < 1.29 is 14.8 Å². The molecule has 0 bridgehead atoms. The smallest absolute Gasteiger partial charge is 0.274 e. The Hall–Kier alpha value is -3.29. The first-order valence-corrected chi connectivity index (χ1v) is 9.61. The number of amides is 2. The van der Waals surface area contributed by atoms with Gasteiger partial charge >= 0.3 is 0 Å². The van der Waals surface area contributed by atoms with Gasteiger partial charge in [0.1, 0.15) is 0 Å². The zero-order chi connectivity index (χ0) is 19.5. The molecule has 0 atom stereocenters. The summed E-state index contributed by atoms with van der Waals surface area (Å²) in [5.74, 6) is -0.698. The van der Waals surface area contributed by atoms with Gasteiger partial charge in [0.2, 0.25) is 0 Å². The second kappa shape index (κ2) is 7.75. The fraction of sp³-hybridized carbons (Fsp3) is 0.0952. The fourth-order valence-electron chi connectivity index (χ4n) is 3.36. The Bertz CT molecular complexity index is 1050. The van der Waals surface area contributed by atoms with Crippen molar-refractivity contribution in [3.63, 3.8) is 0 Å². The molecular weight excluding hydrogens is 374 g/mol. The molecule has 6 nitrogen and oxygen atoms in total. The van der Waals surface area contributed by atoms with Crippen LogP contribution in [0.3, 0.4) is 0 Å². The Labute approximate surface area is 165 Å². The first-order valence-electron chi connectivity index (χ1n) is 8.73. The molecule has 7 heteroatoms. The molecular formula is C21H17N3O3S. The molecule has 0 unspecified atom stereocenters. The molecule has 2 aromatic heterocycles. The normalized spacial score (nSPS) is 13.3. The average Bonchev–Trinajstić information content (AvgIpc) is 3.41. The quantitative estimate of drug-likeness (QED) is 0.406. The molecule has 0 fully saturated rings. The number of nitrogens with one attached hydrogen (secondary N) is 1. The molecule has 1 aliphatic rings. The van der Waals surface area contributed by atoms with Crippen LogP contribution in [0.2, 0.25) is 0 Å². The number of carbonyl (C=O) groups excluding carboxylic acids is 2. The number of fused-ring (bicyclic) bond motifs is 1. The molecule has 0 saturated carbocycles. The number of rotatable bonds is 4. The molecule has 1 aromatic carbocycles. The summed E-state index contributed by atoms with van der Waals surface area (Å²) in [6, 6.07) is 12.7. The van der Waals surface area contributed by atoms with E-state index in [0.29, 0.717) is 29.8 Å². The van der Waals surface area contributed by atoms with Gasteiger partial charge in [-0.15, -0.1) is 11.3 Å². The third kappa shape index (κ3) is 3.33. The predicted octanol–water partition coefficient (Wildman–Crippen LogP) is 3.39. The average molecular weight is 391 g/mol. The van der Waals surface area contributed by atoms with E-state index in [9.17, 15) is 9.59 Å². The van der Waals surface area contributed by atoms with E-state index in [1.54, 1.807) is 34.9 Å². The van der Waals surface area contributed by atoms with Crippen molar-refractivity contribution in [3.05, 3.63) is 81.8 Å². The van der Waals surface area contributed by atoms with Gasteiger partial charge in [-0.2, -0.15) is 0 Å². The summed E-state index contributed by atoms with van der Waals surface area (Å²) in [5, 5.41) is 10.9. The number of carbonyl (C=O) groups is 2. The van der Waals surface area contributed by atoms with Crippen LogP contribution in [0.5, 0.6) is 0 Å². The first-order chi connectivity index (χ1) is 13.7. The molecule has 0 aliphatic carbocycles. The standard InChI is InChI=1S/C21H17N3O3S/c25-20(23-27)16-3-1-4-18-15(16)8-11-24(18)21(26)17(19-5-2-12-28-19)13-14-6-9-22-10-7-14/h1-7,9-10,12-13,27H,8,11H2,(H,23,25)/b17-13+. The minimum Gasteiger partial charge on any atom is -0.308 e. The monoisotopic (exact) mass is 391 g/mol. The summed E-state index contributed by atoms with van der Waals surface area (Å²) in [6.45, 7) is 0.475. The highest BCUT2D eigenvalue weighted by Gasteiger charge is 2.30. The lowest BCUT2D eigenvalue weighted by Gasteiger charge is -2.19.